The largest absolute Gasteiger partial charge is 0.469 e. The van der Waals surface area contributed by atoms with Crippen LogP contribution in [0.5, 0.6) is 0 Å². The predicted molar refractivity (Wildman–Crippen MR) is 208 cm³/mol. The van der Waals surface area contributed by atoms with Gasteiger partial charge in [-0.05, 0) is 83.5 Å². The van der Waals surface area contributed by atoms with E-state index in [-0.39, 0.29) is 25.6 Å². The summed E-state index contributed by atoms with van der Waals surface area (Å²) in [5, 5.41) is 9.44. The van der Waals surface area contributed by atoms with Crippen molar-refractivity contribution in [1.29, 1.82) is 0 Å². The summed E-state index contributed by atoms with van der Waals surface area (Å²) >= 11 is 0. The third-order valence-corrected chi connectivity index (χ3v) is 7.43. The van der Waals surface area contributed by atoms with Crippen molar-refractivity contribution >= 4 is 19.8 Å². The fourth-order valence-corrected chi connectivity index (χ4v) is 4.47. The van der Waals surface area contributed by atoms with E-state index in [1.807, 2.05) is 37.3 Å². The number of carbonyl (C=O) groups is 2. The van der Waals surface area contributed by atoms with E-state index in [1.54, 1.807) is 6.08 Å². The van der Waals surface area contributed by atoms with Crippen LogP contribution in [-0.4, -0.2) is 52.3 Å². The Kier molecular flexibility index (Phi) is 32.8. The number of allylic oxidation sites excluding steroid dienone is 17. The lowest BCUT2D eigenvalue weighted by molar-refractivity contribution is -0.161. The van der Waals surface area contributed by atoms with E-state index in [1.165, 1.54) is 0 Å². The number of phosphoric acid groups is 1. The number of unbranched alkanes of at least 4 members (excludes halogenated alkanes) is 3. The van der Waals surface area contributed by atoms with Crippen molar-refractivity contribution in [2.75, 3.05) is 13.2 Å². The molecule has 3 N–H and O–H groups in total. The molecule has 2 atom stereocenters. The Balaban J connectivity index is 4.21. The van der Waals surface area contributed by atoms with Crippen LogP contribution in [-0.2, 0) is 28.2 Å². The van der Waals surface area contributed by atoms with Crippen molar-refractivity contribution in [2.45, 2.75) is 122 Å². The van der Waals surface area contributed by atoms with Crippen molar-refractivity contribution in [2.24, 2.45) is 0 Å². The number of ether oxygens (including phenoxy) is 2. The minimum Gasteiger partial charge on any atom is -0.462 e. The molecule has 0 saturated carbocycles. The lowest BCUT2D eigenvalue weighted by atomic mass is 10.2. The number of hydrogen-bond donors (Lipinski definition) is 3. The van der Waals surface area contributed by atoms with Gasteiger partial charge in [0.05, 0.1) is 12.7 Å². The first kappa shape index (κ1) is 47.7. The minimum absolute atomic E-state index is 0.133. The Morgan fingerprint density at radius 2 is 1.10 bits per heavy atom. The van der Waals surface area contributed by atoms with Gasteiger partial charge in [0.15, 0.2) is 6.10 Å². The summed E-state index contributed by atoms with van der Waals surface area (Å²) in [4.78, 5) is 42.6. The second-order valence-corrected chi connectivity index (χ2v) is 12.9. The lowest BCUT2D eigenvalue weighted by Crippen LogP contribution is -2.29. The average Bonchev–Trinajstić information content (AvgIpc) is 3.10. The van der Waals surface area contributed by atoms with Crippen LogP contribution in [0.1, 0.15) is 110 Å². The van der Waals surface area contributed by atoms with Crippen LogP contribution in [0.15, 0.2) is 109 Å². The number of aliphatic hydroxyl groups is 1. The maximum absolute atomic E-state index is 12.3. The van der Waals surface area contributed by atoms with E-state index >= 15 is 0 Å². The average molecular weight is 731 g/mol. The second-order valence-electron chi connectivity index (χ2n) is 11.6. The summed E-state index contributed by atoms with van der Waals surface area (Å²) in [5.74, 6) is -1.04. The highest BCUT2D eigenvalue weighted by Crippen LogP contribution is 2.35. The topological polar surface area (TPSA) is 140 Å². The maximum Gasteiger partial charge on any atom is 0.469 e. The van der Waals surface area contributed by atoms with Gasteiger partial charge in [0.25, 0.3) is 0 Å². The number of aliphatic hydroxyl groups excluding tert-OH is 1. The van der Waals surface area contributed by atoms with Crippen LogP contribution in [0.2, 0.25) is 0 Å². The molecule has 0 aliphatic rings. The molecule has 0 heterocycles. The molecule has 0 aromatic carbocycles. The van der Waals surface area contributed by atoms with E-state index in [2.05, 4.69) is 84.4 Å². The molecule has 51 heavy (non-hydrogen) atoms. The van der Waals surface area contributed by atoms with Gasteiger partial charge in [-0.15, -0.1) is 0 Å². The molecule has 0 aromatic heterocycles. The van der Waals surface area contributed by atoms with Gasteiger partial charge in [-0.3, -0.25) is 14.1 Å². The summed E-state index contributed by atoms with van der Waals surface area (Å²) in [6.07, 6.45) is 46.3. The molecular formula is C41H63O9P. The van der Waals surface area contributed by atoms with Gasteiger partial charge in [-0.25, -0.2) is 4.57 Å². The molecule has 0 bridgehead atoms. The van der Waals surface area contributed by atoms with Crippen LogP contribution in [0.3, 0.4) is 0 Å². The van der Waals surface area contributed by atoms with Crippen LogP contribution in [0.25, 0.3) is 0 Å². The smallest absolute Gasteiger partial charge is 0.462 e. The highest BCUT2D eigenvalue weighted by Gasteiger charge is 2.22. The van der Waals surface area contributed by atoms with E-state index in [4.69, 9.17) is 19.3 Å². The van der Waals surface area contributed by atoms with Gasteiger partial charge in [0.2, 0.25) is 0 Å². The van der Waals surface area contributed by atoms with Crippen LogP contribution in [0, 0.1) is 0 Å². The summed E-state index contributed by atoms with van der Waals surface area (Å²) in [5.41, 5.74) is 0. The highest BCUT2D eigenvalue weighted by atomic mass is 31.2. The molecule has 0 saturated heterocycles. The van der Waals surface area contributed by atoms with Crippen molar-refractivity contribution in [3.05, 3.63) is 109 Å². The van der Waals surface area contributed by atoms with Crippen LogP contribution in [0.4, 0.5) is 0 Å². The summed E-state index contributed by atoms with van der Waals surface area (Å²) < 4.78 is 26.2. The lowest BCUT2D eigenvalue weighted by Gasteiger charge is -2.18. The number of phosphoric ester groups is 1. The normalized spacial score (nSPS) is 14.4. The Bertz CT molecular complexity index is 1200. The summed E-state index contributed by atoms with van der Waals surface area (Å²) in [6, 6.07) is 0. The zero-order valence-corrected chi connectivity index (χ0v) is 31.7. The molecule has 0 aliphatic carbocycles. The minimum atomic E-state index is -4.79. The second kappa shape index (κ2) is 35.1. The molecule has 286 valence electrons. The first-order valence-electron chi connectivity index (χ1n) is 18.3. The van der Waals surface area contributed by atoms with Gasteiger partial charge in [-0.1, -0.05) is 123 Å². The number of rotatable bonds is 31. The number of carbonyl (C=O) groups excluding carboxylic acids is 2. The zero-order chi connectivity index (χ0) is 37.7. The van der Waals surface area contributed by atoms with Crippen molar-refractivity contribution < 1.29 is 43.0 Å². The standard InChI is InChI=1S/C41H63O9P/c1-3-5-6-7-8-9-10-11-12-17-20-23-26-29-32-35-41(44)50-39(37-49-51(45,46)47)36-48-40(43)34-31-28-25-22-19-16-14-13-15-18-21-24-27-30-33-38(42)4-2/h5-6,8-9,11-12,14-16,18,20,22-25,27,30,33,38-39,42H,3-4,7,10,13,17,19,21,26,28-29,31-32,34-37H2,1-2H3,(H2,45,46,47)/b6-5-,9-8-,12-11-,16-14-,18-15-,23-20-,25-22-,27-24-,33-30+/t38-,39+/m0/s1. The van der Waals surface area contributed by atoms with E-state index in [0.717, 1.165) is 57.8 Å². The van der Waals surface area contributed by atoms with Gasteiger partial charge < -0.3 is 24.4 Å². The van der Waals surface area contributed by atoms with E-state index < -0.39 is 32.5 Å². The van der Waals surface area contributed by atoms with Crippen LogP contribution >= 0.6 is 7.82 Å². The van der Waals surface area contributed by atoms with Crippen molar-refractivity contribution in [1.82, 2.24) is 0 Å². The maximum atomic E-state index is 12.3. The monoisotopic (exact) mass is 730 g/mol. The number of hydrogen-bond acceptors (Lipinski definition) is 7. The van der Waals surface area contributed by atoms with Gasteiger partial charge in [0.1, 0.15) is 6.61 Å². The molecule has 0 radical (unpaired) electrons. The molecule has 0 spiro atoms. The quantitative estimate of drug-likeness (QED) is 0.0209. The highest BCUT2D eigenvalue weighted by molar-refractivity contribution is 7.46. The molecule has 0 aliphatic heterocycles. The third kappa shape index (κ3) is 37.7. The first-order chi connectivity index (χ1) is 24.7. The Morgan fingerprint density at radius 1 is 0.608 bits per heavy atom. The molecule has 0 fully saturated rings. The fourth-order valence-electron chi connectivity index (χ4n) is 4.11. The van der Waals surface area contributed by atoms with Gasteiger partial charge in [-0.2, -0.15) is 0 Å². The Labute approximate surface area is 307 Å². The molecule has 10 heteroatoms. The van der Waals surface area contributed by atoms with E-state index in [9.17, 15) is 19.3 Å². The van der Waals surface area contributed by atoms with Gasteiger partial charge in [0, 0.05) is 12.8 Å². The first-order valence-corrected chi connectivity index (χ1v) is 19.8. The Hall–Kier alpha value is -3.33. The van der Waals surface area contributed by atoms with Crippen molar-refractivity contribution in [3.8, 4) is 0 Å². The van der Waals surface area contributed by atoms with Crippen molar-refractivity contribution in [3.63, 3.8) is 0 Å². The SMILES string of the molecule is CC/C=C\C/C=C\C/C=C\C/C=C\CCCCC(=O)O[C@H](COC(=O)CCC/C=C\C/C=C\C/C=C\C/C=C\C=C\[C@@H](O)CC)COP(=O)(O)O. The van der Waals surface area contributed by atoms with E-state index in [0.29, 0.717) is 25.7 Å². The molecule has 0 unspecified atom stereocenters. The molecule has 0 rings (SSSR count). The Morgan fingerprint density at radius 3 is 1.63 bits per heavy atom. The summed E-state index contributed by atoms with van der Waals surface area (Å²) in [6.45, 7) is 3.12. The molecule has 0 aromatic rings. The van der Waals surface area contributed by atoms with Crippen LogP contribution < -0.4 is 0 Å². The molecule has 9 nitrogen and oxygen atoms in total. The van der Waals surface area contributed by atoms with Gasteiger partial charge >= 0.3 is 19.8 Å². The third-order valence-electron chi connectivity index (χ3n) is 6.94. The summed E-state index contributed by atoms with van der Waals surface area (Å²) in [7, 11) is -4.79. The zero-order valence-electron chi connectivity index (χ0n) is 30.8. The molecular weight excluding hydrogens is 667 g/mol. The predicted octanol–water partition coefficient (Wildman–Crippen LogP) is 9.81. The number of esters is 2. The molecule has 0 amide bonds. The fraction of sp³-hybridized carbons (Fsp3) is 0.512.